The van der Waals surface area contributed by atoms with Crippen LogP contribution in [0.4, 0.5) is 5.69 Å². The van der Waals surface area contributed by atoms with E-state index in [1.165, 1.54) is 5.56 Å². The van der Waals surface area contributed by atoms with Gasteiger partial charge in [0.2, 0.25) is 0 Å². The molecule has 0 saturated carbocycles. The lowest BCUT2D eigenvalue weighted by atomic mass is 10.2. The summed E-state index contributed by atoms with van der Waals surface area (Å²) in [6.07, 6.45) is 1.79. The van der Waals surface area contributed by atoms with Crippen molar-refractivity contribution in [1.29, 1.82) is 0 Å². The molecule has 0 unspecified atom stereocenters. The molecule has 0 radical (unpaired) electrons. The number of benzene rings is 2. The molecule has 0 aliphatic rings. The lowest BCUT2D eigenvalue weighted by molar-refractivity contribution is 0.407. The average molecular weight is 382 g/mol. The second-order valence-corrected chi connectivity index (χ2v) is 6.86. The SMILES string of the molecule is Cc1cccc(NC(=S)N(Cc2ccccn2)Cc2ccccc2Cl)c1. The van der Waals surface area contributed by atoms with E-state index < -0.39 is 0 Å². The minimum atomic E-state index is 0.601. The minimum Gasteiger partial charge on any atom is -0.339 e. The van der Waals surface area contributed by atoms with Crippen LogP contribution in [-0.4, -0.2) is 15.0 Å². The van der Waals surface area contributed by atoms with E-state index in [4.69, 9.17) is 23.8 Å². The summed E-state index contributed by atoms with van der Waals surface area (Å²) in [5.41, 5.74) is 4.13. The number of aromatic nitrogens is 1. The fourth-order valence-corrected chi connectivity index (χ4v) is 3.09. The van der Waals surface area contributed by atoms with Gasteiger partial charge in [-0.3, -0.25) is 4.98 Å². The van der Waals surface area contributed by atoms with Crippen LogP contribution in [-0.2, 0) is 13.1 Å². The van der Waals surface area contributed by atoms with Crippen LogP contribution in [0.15, 0.2) is 72.9 Å². The van der Waals surface area contributed by atoms with Gasteiger partial charge in [0.15, 0.2) is 5.11 Å². The van der Waals surface area contributed by atoms with Gasteiger partial charge >= 0.3 is 0 Å². The summed E-state index contributed by atoms with van der Waals surface area (Å²) < 4.78 is 0. The Morgan fingerprint density at radius 1 is 1.04 bits per heavy atom. The first kappa shape index (κ1) is 18.4. The Morgan fingerprint density at radius 2 is 1.85 bits per heavy atom. The van der Waals surface area contributed by atoms with Gasteiger partial charge in [0.25, 0.3) is 0 Å². The second kappa shape index (κ2) is 8.79. The lowest BCUT2D eigenvalue weighted by Gasteiger charge is -2.26. The number of aryl methyl sites for hydroxylation is 1. The van der Waals surface area contributed by atoms with Crippen LogP contribution in [0, 0.1) is 6.92 Å². The Kier molecular flexibility index (Phi) is 6.21. The van der Waals surface area contributed by atoms with Gasteiger partial charge in [-0.05, 0) is 60.6 Å². The van der Waals surface area contributed by atoms with Crippen LogP contribution in [0.25, 0.3) is 0 Å². The molecule has 0 amide bonds. The number of thiocarbonyl (C=S) groups is 1. The molecular weight excluding hydrogens is 362 g/mol. The zero-order valence-corrected chi connectivity index (χ0v) is 16.1. The van der Waals surface area contributed by atoms with Crippen LogP contribution < -0.4 is 5.32 Å². The van der Waals surface area contributed by atoms with E-state index in [2.05, 4.69) is 34.3 Å². The van der Waals surface area contributed by atoms with Crippen LogP contribution in [0.3, 0.4) is 0 Å². The number of rotatable bonds is 5. The van der Waals surface area contributed by atoms with Gasteiger partial charge in [0, 0.05) is 23.5 Å². The molecule has 3 aromatic rings. The van der Waals surface area contributed by atoms with Crippen molar-refractivity contribution >= 4 is 34.6 Å². The van der Waals surface area contributed by atoms with Crippen molar-refractivity contribution in [2.24, 2.45) is 0 Å². The molecule has 0 aliphatic heterocycles. The normalized spacial score (nSPS) is 10.4. The fourth-order valence-electron chi connectivity index (χ4n) is 2.64. The quantitative estimate of drug-likeness (QED) is 0.595. The molecule has 5 heteroatoms. The summed E-state index contributed by atoms with van der Waals surface area (Å²) in [6, 6.07) is 21.9. The van der Waals surface area contributed by atoms with E-state index in [0.717, 1.165) is 22.0 Å². The maximum atomic E-state index is 6.35. The molecule has 0 aliphatic carbocycles. The number of hydrogen-bond acceptors (Lipinski definition) is 2. The van der Waals surface area contributed by atoms with Gasteiger partial charge in [-0.1, -0.05) is 48.0 Å². The Morgan fingerprint density at radius 3 is 2.58 bits per heavy atom. The molecule has 3 nitrogen and oxygen atoms in total. The van der Waals surface area contributed by atoms with Gasteiger partial charge in [0.1, 0.15) is 0 Å². The monoisotopic (exact) mass is 381 g/mol. The third-order valence-electron chi connectivity index (χ3n) is 3.95. The molecule has 0 saturated heterocycles. The summed E-state index contributed by atoms with van der Waals surface area (Å²) in [5, 5.41) is 4.70. The Hall–Kier alpha value is -2.43. The molecule has 2 aromatic carbocycles. The Bertz CT molecular complexity index is 883. The van der Waals surface area contributed by atoms with Gasteiger partial charge in [-0.2, -0.15) is 0 Å². The highest BCUT2D eigenvalue weighted by Gasteiger charge is 2.14. The van der Waals surface area contributed by atoms with Crippen LogP contribution >= 0.6 is 23.8 Å². The van der Waals surface area contributed by atoms with Gasteiger partial charge in [0.05, 0.1) is 12.2 Å². The number of hydrogen-bond donors (Lipinski definition) is 1. The van der Waals surface area contributed by atoms with E-state index >= 15 is 0 Å². The van der Waals surface area contributed by atoms with E-state index in [1.54, 1.807) is 6.20 Å². The third-order valence-corrected chi connectivity index (χ3v) is 4.68. The summed E-state index contributed by atoms with van der Waals surface area (Å²) in [7, 11) is 0. The summed E-state index contributed by atoms with van der Waals surface area (Å²) in [5.74, 6) is 0. The summed E-state index contributed by atoms with van der Waals surface area (Å²) >= 11 is 12.0. The van der Waals surface area contributed by atoms with Crippen molar-refractivity contribution in [3.63, 3.8) is 0 Å². The highest BCUT2D eigenvalue weighted by Crippen LogP contribution is 2.19. The molecule has 1 N–H and O–H groups in total. The first-order chi connectivity index (χ1) is 12.6. The maximum Gasteiger partial charge on any atom is 0.174 e. The average Bonchev–Trinajstić information content (AvgIpc) is 2.64. The molecule has 1 heterocycles. The molecule has 0 spiro atoms. The predicted octanol–water partition coefficient (Wildman–Crippen LogP) is 5.44. The number of anilines is 1. The number of nitrogens with one attached hydrogen (secondary N) is 1. The largest absolute Gasteiger partial charge is 0.339 e. The van der Waals surface area contributed by atoms with Gasteiger partial charge < -0.3 is 10.2 Å². The van der Waals surface area contributed by atoms with Crippen LogP contribution in [0.2, 0.25) is 5.02 Å². The molecule has 0 fully saturated rings. The molecule has 132 valence electrons. The van der Waals surface area contributed by atoms with Gasteiger partial charge in [-0.15, -0.1) is 0 Å². The molecule has 0 bridgehead atoms. The predicted molar refractivity (Wildman–Crippen MR) is 112 cm³/mol. The van der Waals surface area contributed by atoms with Gasteiger partial charge in [-0.25, -0.2) is 0 Å². The summed E-state index contributed by atoms with van der Waals surface area (Å²) in [4.78, 5) is 6.49. The highest BCUT2D eigenvalue weighted by atomic mass is 35.5. The first-order valence-corrected chi connectivity index (χ1v) is 9.16. The van der Waals surface area contributed by atoms with E-state index in [9.17, 15) is 0 Å². The minimum absolute atomic E-state index is 0.601. The standard InChI is InChI=1S/C21H20ClN3S/c1-16-7-6-10-18(13-16)24-21(26)25(15-19-9-4-5-12-23-19)14-17-8-2-3-11-20(17)22/h2-13H,14-15H2,1H3,(H,24,26). The van der Waals surface area contributed by atoms with Crippen LogP contribution in [0.5, 0.6) is 0 Å². The van der Waals surface area contributed by atoms with Crippen molar-refractivity contribution in [1.82, 2.24) is 9.88 Å². The molecular formula is C21H20ClN3S. The van der Waals surface area contributed by atoms with E-state index in [1.807, 2.05) is 54.6 Å². The Balaban J connectivity index is 1.81. The first-order valence-electron chi connectivity index (χ1n) is 8.38. The van der Waals surface area contributed by atoms with E-state index in [-0.39, 0.29) is 0 Å². The smallest absolute Gasteiger partial charge is 0.174 e. The molecule has 3 rings (SSSR count). The maximum absolute atomic E-state index is 6.35. The number of pyridine rings is 1. The van der Waals surface area contributed by atoms with Crippen molar-refractivity contribution in [2.75, 3.05) is 5.32 Å². The third kappa shape index (κ3) is 5.04. The summed E-state index contributed by atoms with van der Waals surface area (Å²) in [6.45, 7) is 3.27. The van der Waals surface area contributed by atoms with Crippen molar-refractivity contribution in [2.45, 2.75) is 20.0 Å². The van der Waals surface area contributed by atoms with E-state index in [0.29, 0.717) is 18.2 Å². The molecule has 26 heavy (non-hydrogen) atoms. The van der Waals surface area contributed by atoms with Crippen molar-refractivity contribution in [3.8, 4) is 0 Å². The fraction of sp³-hybridized carbons (Fsp3) is 0.143. The number of halogens is 1. The zero-order valence-electron chi connectivity index (χ0n) is 14.5. The topological polar surface area (TPSA) is 28.2 Å². The lowest BCUT2D eigenvalue weighted by Crippen LogP contribution is -2.34. The highest BCUT2D eigenvalue weighted by molar-refractivity contribution is 7.80. The second-order valence-electron chi connectivity index (χ2n) is 6.07. The van der Waals surface area contributed by atoms with Crippen molar-refractivity contribution < 1.29 is 0 Å². The molecule has 0 atom stereocenters. The number of nitrogens with zero attached hydrogens (tertiary/aromatic N) is 2. The zero-order chi connectivity index (χ0) is 18.4. The molecule has 1 aromatic heterocycles. The van der Waals surface area contributed by atoms with Crippen molar-refractivity contribution in [3.05, 3.63) is 94.8 Å². The van der Waals surface area contributed by atoms with Crippen LogP contribution in [0.1, 0.15) is 16.8 Å². The Labute approximate surface area is 164 Å².